The summed E-state index contributed by atoms with van der Waals surface area (Å²) < 4.78 is 7.44. The lowest BCUT2D eigenvalue weighted by molar-refractivity contribution is 0.0342. The zero-order chi connectivity index (χ0) is 21.9. The van der Waals surface area contributed by atoms with Gasteiger partial charge in [0.2, 0.25) is 5.95 Å². The number of ether oxygens (including phenoxy) is 1. The SMILES string of the molecule is [B]c1ccc2nc(Nc3cc(CN4CCOCC4)cc(-c4cnn(CC)c4)c3)ncc2c1. The summed E-state index contributed by atoms with van der Waals surface area (Å²) in [5.41, 5.74) is 5.94. The molecule has 2 radical (unpaired) electrons. The van der Waals surface area contributed by atoms with Crippen molar-refractivity contribution >= 4 is 35.8 Å². The molecule has 8 heteroatoms. The lowest BCUT2D eigenvalue weighted by atomic mass is 9.95. The molecule has 1 aliphatic rings. The molecule has 32 heavy (non-hydrogen) atoms. The van der Waals surface area contributed by atoms with E-state index in [4.69, 9.17) is 12.6 Å². The van der Waals surface area contributed by atoms with Crippen LogP contribution in [0.1, 0.15) is 12.5 Å². The van der Waals surface area contributed by atoms with Crippen molar-refractivity contribution < 1.29 is 4.74 Å². The Balaban J connectivity index is 1.47. The van der Waals surface area contributed by atoms with Gasteiger partial charge in [-0.05, 0) is 42.3 Å². The quantitative estimate of drug-likeness (QED) is 0.480. The summed E-state index contributed by atoms with van der Waals surface area (Å²) in [6.45, 7) is 7.24. The van der Waals surface area contributed by atoms with Gasteiger partial charge in [-0.3, -0.25) is 9.58 Å². The van der Waals surface area contributed by atoms with Crippen molar-refractivity contribution in [1.29, 1.82) is 0 Å². The lowest BCUT2D eigenvalue weighted by Gasteiger charge is -2.27. The van der Waals surface area contributed by atoms with Crippen molar-refractivity contribution in [2.75, 3.05) is 31.6 Å². The Morgan fingerprint density at radius 2 is 1.94 bits per heavy atom. The highest BCUT2D eigenvalue weighted by Crippen LogP contribution is 2.27. The molecule has 160 valence electrons. The van der Waals surface area contributed by atoms with Gasteiger partial charge in [-0.1, -0.05) is 17.6 Å². The maximum atomic E-state index is 5.87. The van der Waals surface area contributed by atoms with Crippen LogP contribution in [0.5, 0.6) is 0 Å². The Morgan fingerprint density at radius 3 is 2.75 bits per heavy atom. The zero-order valence-corrected chi connectivity index (χ0v) is 18.2. The van der Waals surface area contributed by atoms with Crippen LogP contribution in [0.3, 0.4) is 0 Å². The summed E-state index contributed by atoms with van der Waals surface area (Å²) in [7, 11) is 5.87. The monoisotopic (exact) mass is 424 g/mol. The minimum atomic E-state index is 0.556. The van der Waals surface area contributed by atoms with Crippen LogP contribution in [0, 0.1) is 0 Å². The van der Waals surface area contributed by atoms with Crippen LogP contribution >= 0.6 is 0 Å². The molecule has 0 spiro atoms. The average Bonchev–Trinajstić information content (AvgIpc) is 3.29. The first kappa shape index (κ1) is 20.7. The summed E-state index contributed by atoms with van der Waals surface area (Å²) >= 11 is 0. The van der Waals surface area contributed by atoms with Crippen LogP contribution in [0.2, 0.25) is 0 Å². The van der Waals surface area contributed by atoms with Gasteiger partial charge in [0.1, 0.15) is 7.85 Å². The number of hydrogen-bond donors (Lipinski definition) is 1. The maximum absolute atomic E-state index is 5.87. The summed E-state index contributed by atoms with van der Waals surface area (Å²) in [5.74, 6) is 0.556. The smallest absolute Gasteiger partial charge is 0.227 e. The first-order valence-electron chi connectivity index (χ1n) is 10.9. The van der Waals surface area contributed by atoms with E-state index in [2.05, 4.69) is 56.6 Å². The third-order valence-corrected chi connectivity index (χ3v) is 5.65. The Kier molecular flexibility index (Phi) is 5.88. The van der Waals surface area contributed by atoms with Crippen molar-refractivity contribution in [2.45, 2.75) is 20.0 Å². The number of nitrogens with one attached hydrogen (secondary N) is 1. The van der Waals surface area contributed by atoms with Gasteiger partial charge in [0.05, 0.1) is 24.9 Å². The van der Waals surface area contributed by atoms with Gasteiger partial charge in [0, 0.05) is 55.2 Å². The molecule has 0 atom stereocenters. The Morgan fingerprint density at radius 1 is 1.06 bits per heavy atom. The number of aryl methyl sites for hydroxylation is 1. The van der Waals surface area contributed by atoms with E-state index in [0.717, 1.165) is 67.1 Å². The van der Waals surface area contributed by atoms with Crippen molar-refractivity contribution in [3.05, 3.63) is 60.6 Å². The van der Waals surface area contributed by atoms with Crippen LogP contribution < -0.4 is 10.8 Å². The predicted octanol–water partition coefficient (Wildman–Crippen LogP) is 2.88. The van der Waals surface area contributed by atoms with E-state index in [-0.39, 0.29) is 0 Å². The van der Waals surface area contributed by atoms with E-state index in [0.29, 0.717) is 11.4 Å². The van der Waals surface area contributed by atoms with E-state index in [1.54, 1.807) is 6.20 Å². The summed E-state index contributed by atoms with van der Waals surface area (Å²) in [5, 5.41) is 8.76. The topological polar surface area (TPSA) is 68.1 Å². The maximum Gasteiger partial charge on any atom is 0.227 e. The largest absolute Gasteiger partial charge is 0.379 e. The number of benzene rings is 2. The molecule has 1 saturated heterocycles. The number of morpholine rings is 1. The van der Waals surface area contributed by atoms with Crippen LogP contribution in [0.15, 0.2) is 55.0 Å². The summed E-state index contributed by atoms with van der Waals surface area (Å²) in [6.07, 6.45) is 5.79. The number of rotatable bonds is 6. The molecule has 0 aliphatic carbocycles. The Bertz CT molecular complexity index is 1230. The molecule has 4 aromatic rings. The highest BCUT2D eigenvalue weighted by atomic mass is 16.5. The van der Waals surface area contributed by atoms with Gasteiger partial charge in [0.25, 0.3) is 0 Å². The number of fused-ring (bicyclic) bond motifs is 1. The third kappa shape index (κ3) is 4.66. The first-order chi connectivity index (χ1) is 15.7. The molecule has 2 aromatic heterocycles. The number of nitrogens with zero attached hydrogens (tertiary/aromatic N) is 5. The van der Waals surface area contributed by atoms with Crippen LogP contribution in [0.4, 0.5) is 11.6 Å². The van der Waals surface area contributed by atoms with Crippen molar-refractivity contribution in [3.8, 4) is 11.1 Å². The van der Waals surface area contributed by atoms with Crippen molar-refractivity contribution in [1.82, 2.24) is 24.6 Å². The predicted molar refractivity (Wildman–Crippen MR) is 128 cm³/mol. The molecule has 1 fully saturated rings. The van der Waals surface area contributed by atoms with E-state index in [9.17, 15) is 0 Å². The standard InChI is InChI=1S/C24H25BN6O/c1-2-31-16-20(14-27-31)18-9-17(15-30-5-7-32-8-6-30)10-22(12-18)28-24-26-13-19-11-21(25)3-4-23(19)29-24/h3-4,9-14,16H,2,5-8,15H2,1H3,(H,26,28,29). The molecular formula is C24H25BN6O. The van der Waals surface area contributed by atoms with E-state index >= 15 is 0 Å². The number of aromatic nitrogens is 4. The molecule has 7 nitrogen and oxygen atoms in total. The zero-order valence-electron chi connectivity index (χ0n) is 18.2. The Labute approximate surface area is 188 Å². The average molecular weight is 424 g/mol. The second kappa shape index (κ2) is 9.10. The van der Waals surface area contributed by atoms with Gasteiger partial charge < -0.3 is 10.1 Å². The van der Waals surface area contributed by atoms with Gasteiger partial charge in [0.15, 0.2) is 0 Å². The molecule has 1 aliphatic heterocycles. The van der Waals surface area contributed by atoms with Crippen LogP contribution in [-0.4, -0.2) is 58.8 Å². The highest BCUT2D eigenvalue weighted by molar-refractivity contribution is 6.33. The highest BCUT2D eigenvalue weighted by Gasteiger charge is 2.13. The fraction of sp³-hybridized carbons (Fsp3) is 0.292. The van der Waals surface area contributed by atoms with Gasteiger partial charge >= 0.3 is 0 Å². The van der Waals surface area contributed by atoms with Crippen molar-refractivity contribution in [3.63, 3.8) is 0 Å². The van der Waals surface area contributed by atoms with E-state index in [1.165, 1.54) is 5.56 Å². The molecule has 0 amide bonds. The van der Waals surface area contributed by atoms with Gasteiger partial charge in [-0.15, -0.1) is 0 Å². The third-order valence-electron chi connectivity index (χ3n) is 5.65. The molecular weight excluding hydrogens is 399 g/mol. The first-order valence-corrected chi connectivity index (χ1v) is 10.9. The molecule has 1 N–H and O–H groups in total. The van der Waals surface area contributed by atoms with Gasteiger partial charge in [-0.2, -0.15) is 5.10 Å². The fourth-order valence-corrected chi connectivity index (χ4v) is 3.97. The number of hydrogen-bond acceptors (Lipinski definition) is 6. The minimum absolute atomic E-state index is 0.556. The molecule has 0 unspecified atom stereocenters. The molecule has 0 bridgehead atoms. The molecule has 2 aromatic carbocycles. The lowest BCUT2D eigenvalue weighted by Crippen LogP contribution is -2.35. The second-order valence-electron chi connectivity index (χ2n) is 8.03. The Hall–Kier alpha value is -3.23. The fourth-order valence-electron chi connectivity index (χ4n) is 3.97. The summed E-state index contributed by atoms with van der Waals surface area (Å²) in [6, 6.07) is 12.2. The molecule has 0 saturated carbocycles. The van der Waals surface area contributed by atoms with Crippen LogP contribution in [0.25, 0.3) is 22.0 Å². The second-order valence-corrected chi connectivity index (χ2v) is 8.03. The minimum Gasteiger partial charge on any atom is -0.379 e. The van der Waals surface area contributed by atoms with Crippen LogP contribution in [-0.2, 0) is 17.8 Å². The molecule has 3 heterocycles. The van der Waals surface area contributed by atoms with Crippen molar-refractivity contribution in [2.24, 2.45) is 0 Å². The normalized spacial score (nSPS) is 14.7. The van der Waals surface area contributed by atoms with E-state index in [1.807, 2.05) is 29.1 Å². The summed E-state index contributed by atoms with van der Waals surface area (Å²) in [4.78, 5) is 11.6. The van der Waals surface area contributed by atoms with Gasteiger partial charge in [-0.25, -0.2) is 9.97 Å². The number of anilines is 2. The molecule has 5 rings (SSSR count). The van der Waals surface area contributed by atoms with E-state index < -0.39 is 0 Å².